The Balaban J connectivity index is 2.42. The molecule has 9 heteroatoms. The van der Waals surface area contributed by atoms with Gasteiger partial charge in [-0.05, 0) is 24.6 Å². The molecule has 1 fully saturated rings. The topological polar surface area (TPSA) is 91.8 Å². The van der Waals surface area contributed by atoms with Crippen LogP contribution in [0.2, 0.25) is 0 Å². The van der Waals surface area contributed by atoms with Crippen LogP contribution in [0.1, 0.15) is 13.3 Å². The lowest BCUT2D eigenvalue weighted by Crippen LogP contribution is -2.62. The van der Waals surface area contributed by atoms with Crippen LogP contribution in [0.5, 0.6) is 0 Å². The van der Waals surface area contributed by atoms with Gasteiger partial charge in [-0.25, -0.2) is 21.2 Å². The highest BCUT2D eigenvalue weighted by atomic mass is 32.2. The predicted octanol–water partition coefficient (Wildman–Crippen LogP) is 0.375. The van der Waals surface area contributed by atoms with Gasteiger partial charge in [0.2, 0.25) is 10.0 Å². The molecular weight excluding hydrogens is 321 g/mol. The van der Waals surface area contributed by atoms with Crippen LogP contribution in [0.25, 0.3) is 0 Å². The molecule has 0 bridgehead atoms. The van der Waals surface area contributed by atoms with Crippen LogP contribution in [0.15, 0.2) is 28.0 Å². The zero-order valence-corrected chi connectivity index (χ0v) is 13.2. The van der Waals surface area contributed by atoms with E-state index >= 15 is 0 Å². The second-order valence-electron chi connectivity index (χ2n) is 5.22. The molecule has 1 N–H and O–H groups in total. The van der Waals surface area contributed by atoms with Crippen LogP contribution in [-0.4, -0.2) is 51.2 Å². The highest BCUT2D eigenvalue weighted by molar-refractivity contribution is 7.91. The normalized spacial score (nSPS) is 19.2. The fourth-order valence-corrected chi connectivity index (χ4v) is 4.47. The van der Waals surface area contributed by atoms with Crippen LogP contribution in [-0.2, 0) is 19.9 Å². The summed E-state index contributed by atoms with van der Waals surface area (Å²) < 4.78 is 62.2. The summed E-state index contributed by atoms with van der Waals surface area (Å²) in [6.07, 6.45) is 1.29. The van der Waals surface area contributed by atoms with Crippen LogP contribution < -0.4 is 0 Å². The summed E-state index contributed by atoms with van der Waals surface area (Å²) in [6, 6.07) is 2.64. The zero-order valence-electron chi connectivity index (χ0n) is 11.6. The van der Waals surface area contributed by atoms with E-state index in [1.807, 2.05) is 0 Å². The SMILES string of the molecule is CCC1(O)CN(S(=O)(=O)c2cc(S(C)(=O)=O)ccc2F)C1. The highest BCUT2D eigenvalue weighted by Gasteiger charge is 2.46. The van der Waals surface area contributed by atoms with Crippen LogP contribution >= 0.6 is 0 Å². The van der Waals surface area contributed by atoms with E-state index in [-0.39, 0.29) is 18.0 Å². The number of sulfonamides is 1. The zero-order chi connectivity index (χ0) is 16.1. The maximum absolute atomic E-state index is 13.8. The maximum Gasteiger partial charge on any atom is 0.246 e. The van der Waals surface area contributed by atoms with Gasteiger partial charge in [0, 0.05) is 19.3 Å². The lowest BCUT2D eigenvalue weighted by atomic mass is 9.94. The summed E-state index contributed by atoms with van der Waals surface area (Å²) in [4.78, 5) is -0.961. The molecule has 1 aliphatic heterocycles. The maximum atomic E-state index is 13.8. The number of benzene rings is 1. The molecule has 1 heterocycles. The first kappa shape index (κ1) is 16.3. The summed E-state index contributed by atoms with van der Waals surface area (Å²) in [7, 11) is -7.81. The van der Waals surface area contributed by atoms with Crippen molar-refractivity contribution in [1.29, 1.82) is 0 Å². The molecule has 0 saturated carbocycles. The lowest BCUT2D eigenvalue weighted by Gasteiger charge is -2.44. The average molecular weight is 337 g/mol. The molecule has 0 amide bonds. The van der Waals surface area contributed by atoms with E-state index in [1.165, 1.54) is 0 Å². The molecule has 118 valence electrons. The Kier molecular flexibility index (Phi) is 3.90. The van der Waals surface area contributed by atoms with Crippen molar-refractivity contribution < 1.29 is 26.3 Å². The van der Waals surface area contributed by atoms with Gasteiger partial charge >= 0.3 is 0 Å². The first-order valence-electron chi connectivity index (χ1n) is 6.22. The van der Waals surface area contributed by atoms with E-state index in [1.54, 1.807) is 6.92 Å². The lowest BCUT2D eigenvalue weighted by molar-refractivity contribution is -0.0614. The van der Waals surface area contributed by atoms with Crippen molar-refractivity contribution in [3.05, 3.63) is 24.0 Å². The fourth-order valence-electron chi connectivity index (χ4n) is 2.05. The van der Waals surface area contributed by atoms with Gasteiger partial charge in [0.05, 0.1) is 10.5 Å². The minimum absolute atomic E-state index is 0.131. The second-order valence-corrected chi connectivity index (χ2v) is 9.14. The molecule has 2 rings (SSSR count). The Labute approximate surface area is 123 Å². The van der Waals surface area contributed by atoms with E-state index in [2.05, 4.69) is 0 Å². The third kappa shape index (κ3) is 2.96. The molecule has 0 aromatic heterocycles. The van der Waals surface area contributed by atoms with Crippen LogP contribution in [0, 0.1) is 5.82 Å². The van der Waals surface area contributed by atoms with Crippen molar-refractivity contribution >= 4 is 19.9 Å². The van der Waals surface area contributed by atoms with Gasteiger partial charge in [0.15, 0.2) is 9.84 Å². The molecule has 6 nitrogen and oxygen atoms in total. The number of aliphatic hydroxyl groups is 1. The molecular formula is C12H16FNO5S2. The van der Waals surface area contributed by atoms with E-state index in [9.17, 15) is 26.3 Å². The minimum Gasteiger partial charge on any atom is -0.387 e. The molecule has 0 aliphatic carbocycles. The molecule has 0 atom stereocenters. The third-order valence-electron chi connectivity index (χ3n) is 3.55. The Morgan fingerprint density at radius 1 is 1.29 bits per heavy atom. The largest absolute Gasteiger partial charge is 0.387 e. The second kappa shape index (κ2) is 5.01. The van der Waals surface area contributed by atoms with Crippen LogP contribution in [0.4, 0.5) is 4.39 Å². The summed E-state index contributed by atoms with van der Waals surface area (Å²) in [5, 5.41) is 9.86. The highest BCUT2D eigenvalue weighted by Crippen LogP contribution is 2.31. The summed E-state index contributed by atoms with van der Waals surface area (Å²) in [5.41, 5.74) is -1.10. The van der Waals surface area contributed by atoms with E-state index in [4.69, 9.17) is 0 Å². The van der Waals surface area contributed by atoms with Crippen molar-refractivity contribution in [2.24, 2.45) is 0 Å². The molecule has 1 aromatic carbocycles. The third-order valence-corrected chi connectivity index (χ3v) is 6.47. The van der Waals surface area contributed by atoms with Crippen molar-refractivity contribution in [3.63, 3.8) is 0 Å². The molecule has 1 aliphatic rings. The average Bonchev–Trinajstić information content (AvgIpc) is 2.33. The van der Waals surface area contributed by atoms with E-state index in [0.717, 1.165) is 28.8 Å². The molecule has 21 heavy (non-hydrogen) atoms. The molecule has 0 radical (unpaired) electrons. The fraction of sp³-hybridized carbons (Fsp3) is 0.500. The standard InChI is InChI=1S/C12H16FNO5S2/c1-3-12(15)7-14(8-12)21(18,19)11-6-9(20(2,16)17)4-5-10(11)13/h4-6,15H,3,7-8H2,1-2H3. The minimum atomic E-state index is -4.16. The number of hydrogen-bond donors (Lipinski definition) is 1. The van der Waals surface area contributed by atoms with Gasteiger partial charge in [-0.3, -0.25) is 0 Å². The smallest absolute Gasteiger partial charge is 0.246 e. The molecule has 1 saturated heterocycles. The van der Waals surface area contributed by atoms with Crippen molar-refractivity contribution in [3.8, 4) is 0 Å². The Hall–Kier alpha value is -1.03. The summed E-state index contributed by atoms with van der Waals surface area (Å²) >= 11 is 0. The van der Waals surface area contributed by atoms with Gasteiger partial charge in [-0.2, -0.15) is 4.31 Å². The number of nitrogens with zero attached hydrogens (tertiary/aromatic N) is 1. The van der Waals surface area contributed by atoms with Crippen molar-refractivity contribution in [2.75, 3.05) is 19.3 Å². The molecule has 0 spiro atoms. The predicted molar refractivity (Wildman–Crippen MR) is 73.5 cm³/mol. The number of β-amino-alcohol motifs (C(OH)–C–C–N with tert-alkyl or cyclic N) is 1. The van der Waals surface area contributed by atoms with Gasteiger partial charge in [-0.1, -0.05) is 6.92 Å². The van der Waals surface area contributed by atoms with E-state index in [0.29, 0.717) is 6.42 Å². The Morgan fingerprint density at radius 3 is 2.33 bits per heavy atom. The Morgan fingerprint density at radius 2 is 1.86 bits per heavy atom. The van der Waals surface area contributed by atoms with Crippen LogP contribution in [0.3, 0.4) is 0 Å². The van der Waals surface area contributed by atoms with Gasteiger partial charge in [0.1, 0.15) is 10.7 Å². The van der Waals surface area contributed by atoms with Gasteiger partial charge in [-0.15, -0.1) is 0 Å². The number of sulfone groups is 1. The first-order valence-corrected chi connectivity index (χ1v) is 9.55. The van der Waals surface area contributed by atoms with Crippen molar-refractivity contribution in [2.45, 2.75) is 28.7 Å². The molecule has 1 aromatic rings. The molecule has 0 unspecified atom stereocenters. The number of halogens is 1. The number of hydrogen-bond acceptors (Lipinski definition) is 5. The monoisotopic (exact) mass is 337 g/mol. The summed E-state index contributed by atoms with van der Waals surface area (Å²) in [6.45, 7) is 1.46. The quantitative estimate of drug-likeness (QED) is 0.802. The van der Waals surface area contributed by atoms with Gasteiger partial charge < -0.3 is 5.11 Å². The first-order chi connectivity index (χ1) is 9.49. The Bertz CT molecular complexity index is 767. The van der Waals surface area contributed by atoms with Crippen molar-refractivity contribution in [1.82, 2.24) is 4.31 Å². The summed E-state index contributed by atoms with van der Waals surface area (Å²) in [5.74, 6) is -1.02. The van der Waals surface area contributed by atoms with Gasteiger partial charge in [0.25, 0.3) is 0 Å². The number of rotatable bonds is 4. The van der Waals surface area contributed by atoms with E-state index < -0.39 is 36.2 Å².